The molecule has 0 saturated carbocycles. The van der Waals surface area contributed by atoms with Gasteiger partial charge in [0, 0.05) is 9.92 Å². The van der Waals surface area contributed by atoms with Gasteiger partial charge in [-0.15, -0.1) is 11.8 Å². The van der Waals surface area contributed by atoms with E-state index in [1.807, 2.05) is 24.3 Å². The van der Waals surface area contributed by atoms with Gasteiger partial charge in [-0.3, -0.25) is 9.69 Å². The summed E-state index contributed by atoms with van der Waals surface area (Å²) < 4.78 is 0. The molecule has 1 aliphatic rings. The third-order valence-electron chi connectivity index (χ3n) is 2.91. The van der Waals surface area contributed by atoms with Crippen molar-refractivity contribution < 1.29 is 4.79 Å². The summed E-state index contributed by atoms with van der Waals surface area (Å²) in [6.45, 7) is 0. The second-order valence-electron chi connectivity index (χ2n) is 4.10. The second kappa shape index (κ2) is 5.08. The number of halogens is 2. The molecular weight excluding hydrogens is 301 g/mol. The molecule has 0 unspecified atom stereocenters. The third kappa shape index (κ3) is 2.34. The maximum Gasteiger partial charge on any atom is 0.260 e. The fourth-order valence-corrected chi connectivity index (χ4v) is 3.50. The van der Waals surface area contributed by atoms with Gasteiger partial charge in [0.15, 0.2) is 0 Å². The molecule has 0 aliphatic carbocycles. The van der Waals surface area contributed by atoms with E-state index in [1.165, 1.54) is 0 Å². The van der Waals surface area contributed by atoms with Crippen LogP contribution in [0.5, 0.6) is 0 Å². The fraction of sp³-hybridized carbons (Fsp3) is 0.0714. The van der Waals surface area contributed by atoms with Crippen LogP contribution in [0.15, 0.2) is 47.4 Å². The Morgan fingerprint density at radius 2 is 1.95 bits per heavy atom. The highest BCUT2D eigenvalue weighted by Gasteiger charge is 2.26. The summed E-state index contributed by atoms with van der Waals surface area (Å²) >= 11 is 13.6. The van der Waals surface area contributed by atoms with Gasteiger partial charge in [0.1, 0.15) is 0 Å². The topological polar surface area (TPSA) is 20.3 Å². The summed E-state index contributed by atoms with van der Waals surface area (Å²) in [7, 11) is 0. The number of thioether (sulfide) groups is 1. The molecule has 2 aromatic rings. The van der Waals surface area contributed by atoms with Crippen molar-refractivity contribution in [3.63, 3.8) is 0 Å². The molecule has 1 heterocycles. The Balaban J connectivity index is 1.98. The number of anilines is 1. The van der Waals surface area contributed by atoms with Crippen LogP contribution in [0.1, 0.15) is 10.4 Å². The number of fused-ring (bicyclic) bond motifs is 1. The van der Waals surface area contributed by atoms with Crippen molar-refractivity contribution >= 4 is 46.6 Å². The monoisotopic (exact) mass is 309 g/mol. The molecule has 0 atom stereocenters. The van der Waals surface area contributed by atoms with Gasteiger partial charge >= 0.3 is 0 Å². The average molecular weight is 310 g/mol. The maximum absolute atomic E-state index is 12.5. The Kier molecular flexibility index (Phi) is 3.44. The van der Waals surface area contributed by atoms with Gasteiger partial charge in [-0.25, -0.2) is 0 Å². The van der Waals surface area contributed by atoms with Gasteiger partial charge in [0.2, 0.25) is 0 Å². The Labute approximate surface area is 125 Å². The minimum Gasteiger partial charge on any atom is -0.297 e. The Hall–Kier alpha value is -1.16. The lowest BCUT2D eigenvalue weighted by molar-refractivity contribution is 0.0992. The lowest BCUT2D eigenvalue weighted by atomic mass is 10.2. The van der Waals surface area contributed by atoms with Crippen LogP contribution in [-0.4, -0.2) is 11.8 Å². The highest BCUT2D eigenvalue weighted by Crippen LogP contribution is 2.39. The van der Waals surface area contributed by atoms with Crippen LogP contribution >= 0.6 is 35.0 Å². The Morgan fingerprint density at radius 3 is 2.74 bits per heavy atom. The number of hydrogen-bond acceptors (Lipinski definition) is 2. The first-order chi connectivity index (χ1) is 9.16. The van der Waals surface area contributed by atoms with Crippen LogP contribution in [0.2, 0.25) is 10.0 Å². The fourth-order valence-electron chi connectivity index (χ4n) is 1.98. The molecule has 1 amide bonds. The van der Waals surface area contributed by atoms with E-state index in [-0.39, 0.29) is 5.91 Å². The Morgan fingerprint density at radius 1 is 1.16 bits per heavy atom. The van der Waals surface area contributed by atoms with Crippen LogP contribution in [0, 0.1) is 0 Å². The zero-order valence-electron chi connectivity index (χ0n) is 9.77. The lowest BCUT2D eigenvalue weighted by Crippen LogP contribution is -2.28. The number of carbonyl (C=O) groups excluding carboxylic acids is 1. The normalized spacial score (nSPS) is 13.5. The van der Waals surface area contributed by atoms with Gasteiger partial charge in [0.05, 0.1) is 22.2 Å². The first-order valence-electron chi connectivity index (χ1n) is 5.65. The van der Waals surface area contributed by atoms with E-state index in [2.05, 4.69) is 0 Å². The SMILES string of the molecule is O=C(c1ccc(Cl)cc1Cl)N1CSc2ccccc21. The number of carbonyl (C=O) groups is 1. The van der Waals surface area contributed by atoms with Crippen molar-refractivity contribution in [1.82, 2.24) is 0 Å². The van der Waals surface area contributed by atoms with Gasteiger partial charge < -0.3 is 0 Å². The molecule has 2 nitrogen and oxygen atoms in total. The van der Waals surface area contributed by atoms with E-state index in [4.69, 9.17) is 23.2 Å². The highest BCUT2D eigenvalue weighted by atomic mass is 35.5. The summed E-state index contributed by atoms with van der Waals surface area (Å²) in [4.78, 5) is 15.4. The standard InChI is InChI=1S/C14H9Cl2NOS/c15-9-5-6-10(11(16)7-9)14(18)17-8-19-13-4-2-1-3-12(13)17/h1-7H,8H2. The first kappa shape index (κ1) is 12.9. The summed E-state index contributed by atoms with van der Waals surface area (Å²) in [5.41, 5.74) is 1.41. The first-order valence-corrected chi connectivity index (χ1v) is 7.40. The molecule has 0 saturated heterocycles. The van der Waals surface area contributed by atoms with Gasteiger partial charge in [0.25, 0.3) is 5.91 Å². The van der Waals surface area contributed by atoms with Crippen molar-refractivity contribution in [3.8, 4) is 0 Å². The van der Waals surface area contributed by atoms with Crippen molar-refractivity contribution in [2.75, 3.05) is 10.8 Å². The van der Waals surface area contributed by atoms with Crippen molar-refractivity contribution in [2.45, 2.75) is 4.90 Å². The summed E-state index contributed by atoms with van der Waals surface area (Å²) in [6.07, 6.45) is 0. The summed E-state index contributed by atoms with van der Waals surface area (Å²) in [6, 6.07) is 12.8. The van der Waals surface area contributed by atoms with Crippen LogP contribution in [0.3, 0.4) is 0 Å². The molecule has 0 aromatic heterocycles. The Bertz CT molecular complexity index is 660. The molecule has 0 bridgehead atoms. The van der Waals surface area contributed by atoms with Crippen molar-refractivity contribution in [3.05, 3.63) is 58.1 Å². The largest absolute Gasteiger partial charge is 0.297 e. The lowest BCUT2D eigenvalue weighted by Gasteiger charge is -2.17. The number of hydrogen-bond donors (Lipinski definition) is 0. The van der Waals surface area contributed by atoms with Crippen LogP contribution < -0.4 is 4.90 Å². The molecule has 0 N–H and O–H groups in total. The number of rotatable bonds is 1. The molecule has 19 heavy (non-hydrogen) atoms. The molecule has 3 rings (SSSR count). The van der Waals surface area contributed by atoms with E-state index < -0.39 is 0 Å². The van der Waals surface area contributed by atoms with E-state index in [9.17, 15) is 4.79 Å². The van der Waals surface area contributed by atoms with Gasteiger partial charge in [-0.05, 0) is 30.3 Å². The third-order valence-corrected chi connectivity index (χ3v) is 4.50. The molecule has 1 aliphatic heterocycles. The second-order valence-corrected chi connectivity index (χ2v) is 5.93. The van der Waals surface area contributed by atoms with Crippen LogP contribution in [0.25, 0.3) is 0 Å². The smallest absolute Gasteiger partial charge is 0.260 e. The minimum absolute atomic E-state index is 0.0980. The number of para-hydroxylation sites is 1. The van der Waals surface area contributed by atoms with Crippen molar-refractivity contribution in [2.24, 2.45) is 0 Å². The quantitative estimate of drug-likeness (QED) is 0.760. The number of amides is 1. The molecule has 0 radical (unpaired) electrons. The van der Waals surface area contributed by atoms with E-state index in [1.54, 1.807) is 34.9 Å². The summed E-state index contributed by atoms with van der Waals surface area (Å²) in [5, 5.41) is 0.907. The van der Waals surface area contributed by atoms with Crippen LogP contribution in [0.4, 0.5) is 5.69 Å². The molecule has 0 spiro atoms. The predicted octanol–water partition coefficient (Wildman–Crippen LogP) is 4.70. The van der Waals surface area contributed by atoms with E-state index in [0.717, 1.165) is 10.6 Å². The van der Waals surface area contributed by atoms with E-state index >= 15 is 0 Å². The molecule has 5 heteroatoms. The molecule has 0 fully saturated rings. The van der Waals surface area contributed by atoms with Crippen molar-refractivity contribution in [1.29, 1.82) is 0 Å². The maximum atomic E-state index is 12.5. The molecule has 96 valence electrons. The highest BCUT2D eigenvalue weighted by molar-refractivity contribution is 8.00. The average Bonchev–Trinajstić information content (AvgIpc) is 2.82. The minimum atomic E-state index is -0.0980. The van der Waals surface area contributed by atoms with Crippen LogP contribution in [-0.2, 0) is 0 Å². The summed E-state index contributed by atoms with van der Waals surface area (Å²) in [5.74, 6) is 0.510. The predicted molar refractivity (Wildman–Crippen MR) is 80.4 cm³/mol. The zero-order valence-corrected chi connectivity index (χ0v) is 12.1. The van der Waals surface area contributed by atoms with Gasteiger partial charge in [-0.2, -0.15) is 0 Å². The van der Waals surface area contributed by atoms with Gasteiger partial charge in [-0.1, -0.05) is 35.3 Å². The molecular formula is C14H9Cl2NOS. The molecule has 2 aromatic carbocycles. The van der Waals surface area contributed by atoms with E-state index in [0.29, 0.717) is 21.5 Å². The number of benzene rings is 2. The number of nitrogens with zero attached hydrogens (tertiary/aromatic N) is 1. The zero-order chi connectivity index (χ0) is 13.4.